The number of carbonyl (C=O) groups excluding carboxylic acids is 3. The highest BCUT2D eigenvalue weighted by atomic mass is 32.2. The summed E-state index contributed by atoms with van der Waals surface area (Å²) in [5, 5.41) is 14.3. The van der Waals surface area contributed by atoms with E-state index in [1.807, 2.05) is 53.7 Å². The number of hydrogen-bond acceptors (Lipinski definition) is 8. The van der Waals surface area contributed by atoms with Gasteiger partial charge in [0, 0.05) is 0 Å². The van der Waals surface area contributed by atoms with E-state index >= 15 is 0 Å². The Kier molecular flexibility index (Phi) is 9.33. The number of nitrogens with zero attached hydrogens (tertiary/aromatic N) is 3. The molecule has 2 amide bonds. The van der Waals surface area contributed by atoms with E-state index in [9.17, 15) is 24.3 Å². The zero-order valence-electron chi connectivity index (χ0n) is 21.0. The quantitative estimate of drug-likeness (QED) is 0.339. The van der Waals surface area contributed by atoms with Crippen molar-refractivity contribution in [3.63, 3.8) is 0 Å². The number of anilines is 1. The number of carboxylic acid groups (broad SMARTS) is 1. The zero-order valence-corrected chi connectivity index (χ0v) is 22.6. The first kappa shape index (κ1) is 28.9. The number of carboxylic acids is 1. The molecule has 192 valence electrons. The van der Waals surface area contributed by atoms with Gasteiger partial charge in [0.15, 0.2) is 16.8 Å². The van der Waals surface area contributed by atoms with Crippen LogP contribution in [0.1, 0.15) is 41.5 Å². The van der Waals surface area contributed by atoms with Gasteiger partial charge in [0.05, 0.1) is 16.2 Å². The number of thioether (sulfide) groups is 1. The van der Waals surface area contributed by atoms with E-state index in [0.717, 1.165) is 5.01 Å². The molecule has 0 spiro atoms. The van der Waals surface area contributed by atoms with E-state index in [1.54, 1.807) is 30.3 Å². The van der Waals surface area contributed by atoms with Gasteiger partial charge >= 0.3 is 5.97 Å². The highest BCUT2D eigenvalue weighted by Crippen LogP contribution is 2.34. The summed E-state index contributed by atoms with van der Waals surface area (Å²) < 4.78 is 4.95. The summed E-state index contributed by atoms with van der Waals surface area (Å²) >= 11 is 6.26. The third-order valence-corrected chi connectivity index (χ3v) is 5.75. The molecule has 2 aliphatic rings. The molecule has 1 saturated heterocycles. The minimum Gasteiger partial charge on any atom is -0.476 e. The van der Waals surface area contributed by atoms with Gasteiger partial charge in [-0.15, -0.1) is 0 Å². The number of allylic oxidation sites excluding steroid dienone is 2. The summed E-state index contributed by atoms with van der Waals surface area (Å²) in [7, 11) is 0. The topological polar surface area (TPSA) is 117 Å². The second kappa shape index (κ2) is 11.6. The van der Waals surface area contributed by atoms with Gasteiger partial charge in [-0.2, -0.15) is 10.1 Å². The largest absolute Gasteiger partial charge is 0.476 e. The first-order valence-corrected chi connectivity index (χ1v) is 12.1. The Morgan fingerprint density at radius 1 is 1.06 bits per heavy atom. The minimum atomic E-state index is -1.20. The third-order valence-electron chi connectivity index (χ3n) is 4.37. The Bertz CT molecular complexity index is 1140. The van der Waals surface area contributed by atoms with Gasteiger partial charge in [0.2, 0.25) is 0 Å². The number of carbonyl (C=O) groups is 4. The second-order valence-corrected chi connectivity index (χ2v) is 11.7. The molecule has 0 unspecified atom stereocenters. The number of amides is 2. The molecular formula is C25H29N3O6S2. The Morgan fingerprint density at radius 3 is 2.14 bits per heavy atom. The van der Waals surface area contributed by atoms with Crippen LogP contribution in [0.3, 0.4) is 0 Å². The fraction of sp³-hybridized carbons (Fsp3) is 0.360. The van der Waals surface area contributed by atoms with Crippen molar-refractivity contribution in [1.82, 2.24) is 4.90 Å². The molecule has 9 nitrogen and oxygen atoms in total. The van der Waals surface area contributed by atoms with Crippen LogP contribution < -0.4 is 5.01 Å². The van der Waals surface area contributed by atoms with Crippen LogP contribution in [0, 0.1) is 10.8 Å². The van der Waals surface area contributed by atoms with Gasteiger partial charge in [-0.1, -0.05) is 95.9 Å². The summed E-state index contributed by atoms with van der Waals surface area (Å²) in [6.07, 6.45) is 3.51. The van der Waals surface area contributed by atoms with Crippen LogP contribution in [0.2, 0.25) is 0 Å². The van der Waals surface area contributed by atoms with Crippen molar-refractivity contribution >= 4 is 64.0 Å². The van der Waals surface area contributed by atoms with Crippen molar-refractivity contribution in [3.05, 3.63) is 53.0 Å². The van der Waals surface area contributed by atoms with Crippen LogP contribution in [0.4, 0.5) is 5.69 Å². The maximum absolute atomic E-state index is 12.4. The van der Waals surface area contributed by atoms with Crippen LogP contribution in [-0.2, 0) is 23.9 Å². The van der Waals surface area contributed by atoms with Crippen molar-refractivity contribution in [3.8, 4) is 0 Å². The Morgan fingerprint density at radius 2 is 1.64 bits per heavy atom. The molecule has 0 aromatic heterocycles. The smallest absolute Gasteiger partial charge is 0.357 e. The number of hydrazone groups is 1. The van der Waals surface area contributed by atoms with Crippen LogP contribution in [-0.4, -0.2) is 51.0 Å². The van der Waals surface area contributed by atoms with E-state index in [2.05, 4.69) is 9.84 Å². The van der Waals surface area contributed by atoms with E-state index < -0.39 is 11.9 Å². The molecule has 2 heterocycles. The predicted molar refractivity (Wildman–Crippen MR) is 143 cm³/mol. The number of benzene rings is 1. The molecule has 0 bridgehead atoms. The fourth-order valence-corrected chi connectivity index (χ4v) is 4.44. The predicted octanol–water partition coefficient (Wildman–Crippen LogP) is 4.35. The lowest BCUT2D eigenvalue weighted by molar-refractivity contribution is -0.136. The number of thiocarbonyl (C=S) groups is 1. The van der Waals surface area contributed by atoms with E-state index in [0.29, 0.717) is 21.4 Å². The summed E-state index contributed by atoms with van der Waals surface area (Å²) in [6, 6.07) is 8.77. The number of hydrogen-bond donors (Lipinski definition) is 1. The van der Waals surface area contributed by atoms with Crippen molar-refractivity contribution < 1.29 is 29.0 Å². The molecule has 0 aliphatic carbocycles. The summed E-state index contributed by atoms with van der Waals surface area (Å²) in [4.78, 5) is 47.4. The van der Waals surface area contributed by atoms with Crippen LogP contribution in [0.25, 0.3) is 0 Å². The molecule has 1 N–H and O–H groups in total. The Balaban J connectivity index is 0.000000261. The average molecular weight is 532 g/mol. The number of aliphatic carboxylic acids is 1. The molecular weight excluding hydrogens is 502 g/mol. The van der Waals surface area contributed by atoms with Gasteiger partial charge in [-0.3, -0.25) is 19.3 Å². The lowest BCUT2D eigenvalue weighted by atomic mass is 9.92. The molecule has 11 heteroatoms. The van der Waals surface area contributed by atoms with Gasteiger partial charge < -0.3 is 9.84 Å². The first-order valence-electron chi connectivity index (χ1n) is 10.9. The second-order valence-electron chi connectivity index (χ2n) is 10.00. The van der Waals surface area contributed by atoms with Gasteiger partial charge in [0.25, 0.3) is 18.3 Å². The summed E-state index contributed by atoms with van der Waals surface area (Å²) in [5.41, 5.74) is 0.0689. The SMILES string of the molecule is CC(C)(C)/C=C1/SC(=S)N(COC=O)C1=O.CC(C)(C)/C=C1\C(=O)N(c2ccccc2)N=C1C(=O)O. The lowest BCUT2D eigenvalue weighted by Crippen LogP contribution is -2.30. The molecule has 0 atom stereocenters. The fourth-order valence-electron chi connectivity index (χ4n) is 2.99. The maximum atomic E-state index is 12.4. The molecule has 0 radical (unpaired) electrons. The van der Waals surface area contributed by atoms with E-state index in [1.165, 1.54) is 16.7 Å². The number of ether oxygens (including phenoxy) is 1. The molecule has 0 saturated carbocycles. The molecule has 1 aromatic carbocycles. The van der Waals surface area contributed by atoms with Gasteiger partial charge in [-0.05, 0) is 23.0 Å². The van der Waals surface area contributed by atoms with Crippen molar-refractivity contribution in [2.45, 2.75) is 41.5 Å². The Hall–Kier alpha value is -3.31. The van der Waals surface area contributed by atoms with Crippen molar-refractivity contribution in [2.24, 2.45) is 15.9 Å². The normalized spacial score (nSPS) is 18.4. The summed E-state index contributed by atoms with van der Waals surface area (Å²) in [6.45, 7) is 11.9. The molecule has 3 rings (SSSR count). The number of para-hydroxylation sites is 1. The molecule has 2 aliphatic heterocycles. The van der Waals surface area contributed by atoms with Gasteiger partial charge in [0.1, 0.15) is 0 Å². The summed E-state index contributed by atoms with van der Waals surface area (Å²) in [5.74, 6) is -1.82. The highest BCUT2D eigenvalue weighted by Gasteiger charge is 2.36. The lowest BCUT2D eigenvalue weighted by Gasteiger charge is -2.14. The number of rotatable bonds is 5. The van der Waals surface area contributed by atoms with E-state index in [-0.39, 0.29) is 34.8 Å². The highest BCUT2D eigenvalue weighted by molar-refractivity contribution is 8.26. The molecule has 1 fully saturated rings. The van der Waals surface area contributed by atoms with Crippen molar-refractivity contribution in [1.29, 1.82) is 0 Å². The van der Waals surface area contributed by atoms with Crippen molar-refractivity contribution in [2.75, 3.05) is 11.7 Å². The molecule has 36 heavy (non-hydrogen) atoms. The Labute approximate surface area is 219 Å². The van der Waals surface area contributed by atoms with Crippen LogP contribution >= 0.6 is 24.0 Å². The average Bonchev–Trinajstić information content (AvgIpc) is 3.21. The monoisotopic (exact) mass is 531 g/mol. The minimum absolute atomic E-state index is 0.0882. The third kappa shape index (κ3) is 7.85. The van der Waals surface area contributed by atoms with E-state index in [4.69, 9.17) is 12.2 Å². The standard InChI is InChI=1S/C15H16N2O3.C10H13NO3S2/c1-15(2,3)9-11-12(14(19)20)16-17(13(11)18)10-7-5-4-6-8-10;1-10(2,3)4-7-8(13)11(5-14-6-12)9(15)16-7/h4-9H,1-3H3,(H,19,20);4,6H,5H2,1-3H3/b11-9-;7-4+. The first-order chi connectivity index (χ1) is 16.6. The molecule has 1 aromatic rings. The van der Waals surface area contributed by atoms with Crippen LogP contribution in [0.15, 0.2) is 58.1 Å². The zero-order chi connectivity index (χ0) is 27.3. The van der Waals surface area contributed by atoms with Gasteiger partial charge in [-0.25, -0.2) is 4.79 Å². The van der Waals surface area contributed by atoms with Crippen LogP contribution in [0.5, 0.6) is 0 Å². The maximum Gasteiger partial charge on any atom is 0.357 e.